The first-order valence-corrected chi connectivity index (χ1v) is 8.83. The second-order valence-electron chi connectivity index (χ2n) is 6.23. The predicted molar refractivity (Wildman–Crippen MR) is 77.6 cm³/mol. The van der Waals surface area contributed by atoms with E-state index in [0.29, 0.717) is 19.5 Å². The number of ether oxygens (including phenoxy) is 2. The minimum absolute atomic E-state index is 0.156. The van der Waals surface area contributed by atoms with E-state index in [-0.39, 0.29) is 11.4 Å². The second kappa shape index (κ2) is 4.44. The van der Waals surface area contributed by atoms with Crippen molar-refractivity contribution in [1.29, 1.82) is 0 Å². The monoisotopic (exact) mass is 309 g/mol. The van der Waals surface area contributed by atoms with Gasteiger partial charge in [-0.3, -0.25) is 0 Å². The molecule has 0 aliphatic carbocycles. The van der Waals surface area contributed by atoms with Gasteiger partial charge >= 0.3 is 0 Å². The van der Waals surface area contributed by atoms with Crippen LogP contribution in [0.2, 0.25) is 0 Å². The van der Waals surface area contributed by atoms with Gasteiger partial charge in [-0.1, -0.05) is 12.1 Å². The summed E-state index contributed by atoms with van der Waals surface area (Å²) >= 11 is 0. The van der Waals surface area contributed by atoms with Gasteiger partial charge in [-0.2, -0.15) is 4.31 Å². The Bertz CT molecular complexity index is 674. The van der Waals surface area contributed by atoms with Crippen molar-refractivity contribution in [2.75, 3.05) is 13.7 Å². The van der Waals surface area contributed by atoms with Gasteiger partial charge in [0.05, 0.1) is 13.2 Å². The number of benzene rings is 1. The molecule has 0 aromatic heterocycles. The SMILES string of the molecule is COc1cccc(CN2C[C@@]34CC[C@@H](C[C@@H]3S2(=O)=O)O4)c1. The molecule has 0 amide bonds. The first-order valence-electron chi connectivity index (χ1n) is 7.33. The Morgan fingerprint density at radius 2 is 2.33 bits per heavy atom. The highest BCUT2D eigenvalue weighted by Gasteiger charge is 2.65. The molecule has 4 rings (SSSR count). The fourth-order valence-corrected chi connectivity index (χ4v) is 6.35. The number of hydrogen-bond donors (Lipinski definition) is 0. The van der Waals surface area contributed by atoms with Gasteiger partial charge < -0.3 is 9.47 Å². The number of fused-ring (bicyclic) bond motifs is 1. The summed E-state index contributed by atoms with van der Waals surface area (Å²) in [6.45, 7) is 0.888. The van der Waals surface area contributed by atoms with Gasteiger partial charge in [0, 0.05) is 13.1 Å². The zero-order chi connectivity index (χ0) is 14.7. The molecule has 1 aromatic rings. The van der Waals surface area contributed by atoms with Gasteiger partial charge in [0.1, 0.15) is 16.6 Å². The molecule has 2 bridgehead atoms. The number of rotatable bonds is 3. The smallest absolute Gasteiger partial charge is 0.220 e. The highest BCUT2D eigenvalue weighted by molar-refractivity contribution is 7.90. The summed E-state index contributed by atoms with van der Waals surface area (Å²) in [6.07, 6.45) is 2.69. The molecule has 6 heteroatoms. The van der Waals surface area contributed by atoms with Crippen molar-refractivity contribution in [2.24, 2.45) is 0 Å². The van der Waals surface area contributed by atoms with Crippen LogP contribution in [0.25, 0.3) is 0 Å². The topological polar surface area (TPSA) is 55.8 Å². The molecule has 3 aliphatic heterocycles. The average molecular weight is 309 g/mol. The summed E-state index contributed by atoms with van der Waals surface area (Å²) in [5, 5.41) is -0.339. The maximum atomic E-state index is 12.7. The Morgan fingerprint density at radius 1 is 1.48 bits per heavy atom. The highest BCUT2D eigenvalue weighted by Crippen LogP contribution is 2.52. The highest BCUT2D eigenvalue weighted by atomic mass is 32.2. The van der Waals surface area contributed by atoms with Gasteiger partial charge in [0.15, 0.2) is 0 Å². The van der Waals surface area contributed by atoms with Crippen molar-refractivity contribution < 1.29 is 17.9 Å². The van der Waals surface area contributed by atoms with Crippen LogP contribution in [0.15, 0.2) is 24.3 Å². The van der Waals surface area contributed by atoms with Gasteiger partial charge in [-0.05, 0) is 37.0 Å². The second-order valence-corrected chi connectivity index (χ2v) is 8.35. The third-order valence-electron chi connectivity index (χ3n) is 5.01. The molecule has 21 heavy (non-hydrogen) atoms. The fraction of sp³-hybridized carbons (Fsp3) is 0.600. The first-order chi connectivity index (χ1) is 10.0. The van der Waals surface area contributed by atoms with Crippen molar-refractivity contribution in [2.45, 2.75) is 42.8 Å². The molecule has 3 atom stereocenters. The molecule has 5 nitrogen and oxygen atoms in total. The van der Waals surface area contributed by atoms with Crippen molar-refractivity contribution in [1.82, 2.24) is 4.31 Å². The van der Waals surface area contributed by atoms with Gasteiger partial charge in [0.25, 0.3) is 0 Å². The fourth-order valence-electron chi connectivity index (χ4n) is 4.01. The van der Waals surface area contributed by atoms with Crippen LogP contribution in [-0.4, -0.2) is 43.3 Å². The standard InChI is InChI=1S/C15H19NO4S/c1-19-12-4-2-3-11(7-12)9-16-10-15-6-5-13(20-15)8-14(15)21(16,17)18/h2-4,7,13-14H,5-6,8-10H2,1H3/t13-,14-,15-/m0/s1. The Hall–Kier alpha value is -1.11. The maximum absolute atomic E-state index is 12.7. The molecule has 1 aromatic carbocycles. The van der Waals surface area contributed by atoms with E-state index in [2.05, 4.69) is 0 Å². The molecule has 0 N–H and O–H groups in total. The zero-order valence-corrected chi connectivity index (χ0v) is 12.8. The van der Waals surface area contributed by atoms with Crippen molar-refractivity contribution in [3.05, 3.63) is 29.8 Å². The van der Waals surface area contributed by atoms with E-state index in [1.807, 2.05) is 24.3 Å². The summed E-state index contributed by atoms with van der Waals surface area (Å²) in [7, 11) is -1.64. The molecule has 3 heterocycles. The van der Waals surface area contributed by atoms with E-state index < -0.39 is 15.6 Å². The summed E-state index contributed by atoms with van der Waals surface area (Å²) in [6, 6.07) is 7.57. The summed E-state index contributed by atoms with van der Waals surface area (Å²) in [4.78, 5) is 0. The van der Waals surface area contributed by atoms with E-state index in [1.54, 1.807) is 11.4 Å². The number of methoxy groups -OCH3 is 1. The van der Waals surface area contributed by atoms with E-state index in [9.17, 15) is 8.42 Å². The summed E-state index contributed by atoms with van der Waals surface area (Å²) in [5.74, 6) is 0.750. The van der Waals surface area contributed by atoms with Crippen LogP contribution in [0.4, 0.5) is 0 Å². The third kappa shape index (κ3) is 1.93. The molecule has 1 spiro atoms. The lowest BCUT2D eigenvalue weighted by Crippen LogP contribution is -2.38. The Morgan fingerprint density at radius 3 is 3.05 bits per heavy atom. The van der Waals surface area contributed by atoms with Crippen LogP contribution in [0.1, 0.15) is 24.8 Å². The molecular weight excluding hydrogens is 290 g/mol. The van der Waals surface area contributed by atoms with Crippen LogP contribution in [0.3, 0.4) is 0 Å². The van der Waals surface area contributed by atoms with Crippen LogP contribution in [0, 0.1) is 0 Å². The lowest BCUT2D eigenvalue weighted by molar-refractivity contribution is 0.0119. The Balaban J connectivity index is 1.61. The summed E-state index contributed by atoms with van der Waals surface area (Å²) < 4.78 is 38.2. The first kappa shape index (κ1) is 13.5. The average Bonchev–Trinajstić information content (AvgIpc) is 3.09. The predicted octanol–water partition coefficient (Wildman–Crippen LogP) is 1.53. The third-order valence-corrected chi connectivity index (χ3v) is 7.33. The van der Waals surface area contributed by atoms with E-state index in [4.69, 9.17) is 9.47 Å². The minimum atomic E-state index is -3.25. The Kier molecular flexibility index (Phi) is 2.87. The molecule has 3 saturated heterocycles. The largest absolute Gasteiger partial charge is 0.497 e. The van der Waals surface area contributed by atoms with E-state index >= 15 is 0 Å². The van der Waals surface area contributed by atoms with Crippen LogP contribution >= 0.6 is 0 Å². The maximum Gasteiger partial charge on any atom is 0.220 e. The van der Waals surface area contributed by atoms with Gasteiger partial charge in [-0.25, -0.2) is 8.42 Å². The summed E-state index contributed by atoms with van der Waals surface area (Å²) in [5.41, 5.74) is 0.506. The number of nitrogens with zero attached hydrogens (tertiary/aromatic N) is 1. The Labute approximate surface area is 124 Å². The lowest BCUT2D eigenvalue weighted by atomic mass is 9.88. The number of sulfonamides is 1. The van der Waals surface area contributed by atoms with Gasteiger partial charge in [-0.15, -0.1) is 0 Å². The molecular formula is C15H19NO4S. The van der Waals surface area contributed by atoms with E-state index in [1.165, 1.54) is 0 Å². The van der Waals surface area contributed by atoms with Crippen LogP contribution in [-0.2, 0) is 21.3 Å². The lowest BCUT2D eigenvalue weighted by Gasteiger charge is -2.21. The minimum Gasteiger partial charge on any atom is -0.497 e. The van der Waals surface area contributed by atoms with E-state index in [0.717, 1.165) is 24.2 Å². The molecule has 0 unspecified atom stereocenters. The van der Waals surface area contributed by atoms with Crippen LogP contribution < -0.4 is 4.74 Å². The number of hydrogen-bond acceptors (Lipinski definition) is 4. The van der Waals surface area contributed by atoms with Crippen LogP contribution in [0.5, 0.6) is 5.75 Å². The molecule has 114 valence electrons. The zero-order valence-electron chi connectivity index (χ0n) is 12.0. The van der Waals surface area contributed by atoms with Crippen molar-refractivity contribution >= 4 is 10.0 Å². The van der Waals surface area contributed by atoms with Crippen molar-refractivity contribution in [3.63, 3.8) is 0 Å². The van der Waals surface area contributed by atoms with Crippen molar-refractivity contribution in [3.8, 4) is 5.75 Å². The van der Waals surface area contributed by atoms with Gasteiger partial charge in [0.2, 0.25) is 10.0 Å². The normalized spacial score (nSPS) is 36.8. The quantitative estimate of drug-likeness (QED) is 0.850. The molecule has 3 fully saturated rings. The molecule has 0 radical (unpaired) electrons. The molecule has 0 saturated carbocycles. The molecule has 3 aliphatic rings.